The van der Waals surface area contributed by atoms with Crippen LogP contribution in [0, 0.1) is 11.6 Å². The molecule has 1 saturated carbocycles. The number of thiazole rings is 1. The highest BCUT2D eigenvalue weighted by Crippen LogP contribution is 2.40. The van der Waals surface area contributed by atoms with E-state index in [0.717, 1.165) is 36.7 Å². The molecule has 1 fully saturated rings. The summed E-state index contributed by atoms with van der Waals surface area (Å²) in [6.45, 7) is 0. The van der Waals surface area contributed by atoms with Crippen LogP contribution >= 0.6 is 11.3 Å². The maximum Gasteiger partial charge on any atom is 0.260 e. The van der Waals surface area contributed by atoms with Crippen LogP contribution < -0.4 is 5.32 Å². The molecule has 0 spiro atoms. The zero-order valence-corrected chi connectivity index (χ0v) is 10.6. The summed E-state index contributed by atoms with van der Waals surface area (Å²) in [7, 11) is 0. The minimum absolute atomic E-state index is 0.317. The third-order valence-electron chi connectivity index (χ3n) is 2.91. The molecule has 1 N–H and O–H groups in total. The molecule has 0 radical (unpaired) electrons. The van der Waals surface area contributed by atoms with E-state index < -0.39 is 17.5 Å². The first kappa shape index (κ1) is 12.2. The molecule has 3 rings (SSSR count). The number of amides is 1. The Balaban J connectivity index is 1.77. The van der Waals surface area contributed by atoms with E-state index in [1.807, 2.05) is 5.38 Å². The minimum atomic E-state index is -0.752. The number of rotatable bonds is 3. The zero-order valence-electron chi connectivity index (χ0n) is 9.82. The van der Waals surface area contributed by atoms with Gasteiger partial charge in [0, 0.05) is 11.3 Å². The van der Waals surface area contributed by atoms with Crippen LogP contribution in [0.5, 0.6) is 0 Å². The van der Waals surface area contributed by atoms with Crippen LogP contribution in [0.1, 0.15) is 34.8 Å². The molecule has 1 aliphatic rings. The first-order valence-electron chi connectivity index (χ1n) is 5.85. The molecule has 1 amide bonds. The smallest absolute Gasteiger partial charge is 0.260 e. The Bertz CT molecular complexity index is 637. The SMILES string of the molecule is O=C(Nc1nc(C2CC2)cs1)c1cc(F)ccc1F. The molecule has 1 aliphatic carbocycles. The number of aromatic nitrogens is 1. The summed E-state index contributed by atoms with van der Waals surface area (Å²) < 4.78 is 26.4. The van der Waals surface area contributed by atoms with E-state index in [1.54, 1.807) is 0 Å². The predicted molar refractivity (Wildman–Crippen MR) is 68.4 cm³/mol. The maximum absolute atomic E-state index is 13.4. The molecule has 0 unspecified atom stereocenters. The minimum Gasteiger partial charge on any atom is -0.298 e. The Morgan fingerprint density at radius 1 is 1.37 bits per heavy atom. The van der Waals surface area contributed by atoms with Crippen molar-refractivity contribution in [1.29, 1.82) is 0 Å². The van der Waals surface area contributed by atoms with Crippen molar-refractivity contribution in [2.24, 2.45) is 0 Å². The van der Waals surface area contributed by atoms with Gasteiger partial charge < -0.3 is 0 Å². The van der Waals surface area contributed by atoms with Crippen LogP contribution in [0.4, 0.5) is 13.9 Å². The molecule has 1 aromatic carbocycles. The fraction of sp³-hybridized carbons (Fsp3) is 0.231. The van der Waals surface area contributed by atoms with E-state index in [2.05, 4.69) is 10.3 Å². The van der Waals surface area contributed by atoms with Gasteiger partial charge in [0.2, 0.25) is 0 Å². The molecule has 0 atom stereocenters. The van der Waals surface area contributed by atoms with Gasteiger partial charge in [-0.3, -0.25) is 10.1 Å². The highest BCUT2D eigenvalue weighted by atomic mass is 32.1. The first-order valence-corrected chi connectivity index (χ1v) is 6.73. The number of halogens is 2. The van der Waals surface area contributed by atoms with Crippen LogP contribution in [0.3, 0.4) is 0 Å². The Morgan fingerprint density at radius 2 is 2.16 bits per heavy atom. The second-order valence-electron chi connectivity index (χ2n) is 4.43. The summed E-state index contributed by atoms with van der Waals surface area (Å²) in [4.78, 5) is 16.1. The van der Waals surface area contributed by atoms with Crippen molar-refractivity contribution in [2.45, 2.75) is 18.8 Å². The lowest BCUT2D eigenvalue weighted by Crippen LogP contribution is -2.14. The topological polar surface area (TPSA) is 42.0 Å². The molecule has 19 heavy (non-hydrogen) atoms. The summed E-state index contributed by atoms with van der Waals surface area (Å²) in [6, 6.07) is 2.78. The quantitative estimate of drug-likeness (QED) is 0.934. The molecule has 1 aromatic heterocycles. The van der Waals surface area contributed by atoms with E-state index in [-0.39, 0.29) is 5.56 Å². The number of benzene rings is 1. The number of hydrogen-bond donors (Lipinski definition) is 1. The molecular formula is C13H10F2N2OS. The third kappa shape index (κ3) is 2.63. The van der Waals surface area contributed by atoms with Crippen LogP contribution in [0.25, 0.3) is 0 Å². The standard InChI is InChI=1S/C13H10F2N2OS/c14-8-3-4-10(15)9(5-8)12(18)17-13-16-11(6-19-13)7-1-2-7/h3-7H,1-2H2,(H,16,17,18). The number of hydrogen-bond acceptors (Lipinski definition) is 3. The van der Waals surface area contributed by atoms with E-state index in [0.29, 0.717) is 11.0 Å². The average Bonchev–Trinajstić information content (AvgIpc) is 3.13. The van der Waals surface area contributed by atoms with Crippen LogP contribution in [-0.2, 0) is 0 Å². The zero-order chi connectivity index (χ0) is 13.4. The van der Waals surface area contributed by atoms with Gasteiger partial charge >= 0.3 is 0 Å². The highest BCUT2D eigenvalue weighted by Gasteiger charge is 2.26. The molecule has 6 heteroatoms. The van der Waals surface area contributed by atoms with E-state index in [4.69, 9.17) is 0 Å². The first-order chi connectivity index (χ1) is 9.13. The molecular weight excluding hydrogens is 270 g/mol. The normalized spacial score (nSPS) is 14.4. The molecule has 0 saturated heterocycles. The van der Waals surface area contributed by atoms with Gasteiger partial charge in [0.25, 0.3) is 5.91 Å². The molecule has 1 heterocycles. The lowest BCUT2D eigenvalue weighted by atomic mass is 10.2. The second kappa shape index (κ2) is 4.70. The fourth-order valence-electron chi connectivity index (χ4n) is 1.75. The average molecular weight is 280 g/mol. The van der Waals surface area contributed by atoms with Gasteiger partial charge in [-0.2, -0.15) is 0 Å². The maximum atomic E-state index is 13.4. The fourth-order valence-corrected chi connectivity index (χ4v) is 2.53. The Labute approximate surface area is 112 Å². The number of anilines is 1. The number of carbonyl (C=O) groups excluding carboxylic acids is 1. The summed E-state index contributed by atoms with van der Waals surface area (Å²) in [5.41, 5.74) is 0.642. The highest BCUT2D eigenvalue weighted by molar-refractivity contribution is 7.14. The van der Waals surface area contributed by atoms with Crippen molar-refractivity contribution in [2.75, 3.05) is 5.32 Å². The molecule has 98 valence electrons. The van der Waals surface area contributed by atoms with Gasteiger partial charge in [0.15, 0.2) is 5.13 Å². The van der Waals surface area contributed by atoms with Crippen LogP contribution in [-0.4, -0.2) is 10.9 Å². The van der Waals surface area contributed by atoms with E-state index in [9.17, 15) is 13.6 Å². The Hall–Kier alpha value is -1.82. The van der Waals surface area contributed by atoms with Gasteiger partial charge in [-0.05, 0) is 31.0 Å². The number of nitrogens with zero attached hydrogens (tertiary/aromatic N) is 1. The summed E-state index contributed by atoms with van der Waals surface area (Å²) in [6.07, 6.45) is 2.24. The lowest BCUT2D eigenvalue weighted by molar-refractivity contribution is 0.102. The summed E-state index contributed by atoms with van der Waals surface area (Å²) in [5, 5.41) is 4.79. The van der Waals surface area contributed by atoms with Gasteiger partial charge in [-0.15, -0.1) is 11.3 Å². The van der Waals surface area contributed by atoms with Crippen molar-refractivity contribution in [3.8, 4) is 0 Å². The molecule has 2 aromatic rings. The van der Waals surface area contributed by atoms with Crippen molar-refractivity contribution in [1.82, 2.24) is 4.98 Å². The third-order valence-corrected chi connectivity index (χ3v) is 3.69. The second-order valence-corrected chi connectivity index (χ2v) is 5.29. The van der Waals surface area contributed by atoms with Crippen molar-refractivity contribution >= 4 is 22.4 Å². The van der Waals surface area contributed by atoms with Crippen molar-refractivity contribution in [3.63, 3.8) is 0 Å². The molecule has 0 aliphatic heterocycles. The Morgan fingerprint density at radius 3 is 2.89 bits per heavy atom. The van der Waals surface area contributed by atoms with Gasteiger partial charge in [0.05, 0.1) is 11.3 Å². The van der Waals surface area contributed by atoms with Crippen molar-refractivity contribution in [3.05, 3.63) is 46.5 Å². The van der Waals surface area contributed by atoms with Crippen LogP contribution in [0.2, 0.25) is 0 Å². The number of carbonyl (C=O) groups is 1. The Kier molecular flexibility index (Phi) is 3.02. The monoisotopic (exact) mass is 280 g/mol. The predicted octanol–water partition coefficient (Wildman–Crippen LogP) is 3.55. The summed E-state index contributed by atoms with van der Waals surface area (Å²) >= 11 is 1.29. The largest absolute Gasteiger partial charge is 0.298 e. The van der Waals surface area contributed by atoms with Crippen molar-refractivity contribution < 1.29 is 13.6 Å². The lowest BCUT2D eigenvalue weighted by Gasteiger charge is -2.03. The molecule has 0 bridgehead atoms. The van der Waals surface area contributed by atoms with Gasteiger partial charge in [0.1, 0.15) is 11.6 Å². The van der Waals surface area contributed by atoms with Gasteiger partial charge in [-0.25, -0.2) is 13.8 Å². The van der Waals surface area contributed by atoms with Gasteiger partial charge in [-0.1, -0.05) is 0 Å². The van der Waals surface area contributed by atoms with E-state index >= 15 is 0 Å². The van der Waals surface area contributed by atoms with Crippen LogP contribution in [0.15, 0.2) is 23.6 Å². The molecule has 3 nitrogen and oxygen atoms in total. The summed E-state index contributed by atoms with van der Waals surface area (Å²) in [5.74, 6) is -1.59. The number of nitrogens with one attached hydrogen (secondary N) is 1. The van der Waals surface area contributed by atoms with E-state index in [1.165, 1.54) is 11.3 Å².